The molecular weight excluding hydrogens is 409 g/mol. The Kier molecular flexibility index (Phi) is 5.12. The Bertz CT molecular complexity index is 968. The van der Waals surface area contributed by atoms with E-state index >= 15 is 0 Å². The highest BCUT2D eigenvalue weighted by molar-refractivity contribution is 9.10. The molecule has 2 N–H and O–H groups in total. The van der Waals surface area contributed by atoms with Crippen molar-refractivity contribution in [3.8, 4) is 0 Å². The monoisotopic (exact) mass is 421 g/mol. The van der Waals surface area contributed by atoms with Crippen LogP contribution in [-0.4, -0.2) is 36.5 Å². The minimum Gasteiger partial charge on any atom is -0.480 e. The lowest BCUT2D eigenvalue weighted by atomic mass is 10.2. The van der Waals surface area contributed by atoms with E-state index in [0.29, 0.717) is 10.0 Å². The van der Waals surface area contributed by atoms with Crippen molar-refractivity contribution in [1.82, 2.24) is 19.6 Å². The van der Waals surface area contributed by atoms with Gasteiger partial charge < -0.3 is 10.4 Å². The first-order valence-corrected chi connectivity index (χ1v) is 8.24. The molecule has 0 saturated heterocycles. The van der Waals surface area contributed by atoms with Crippen molar-refractivity contribution in [2.75, 3.05) is 5.32 Å². The molecule has 2 heterocycles. The molecule has 0 aliphatic carbocycles. The molecule has 0 saturated carbocycles. The van der Waals surface area contributed by atoms with Crippen molar-refractivity contribution in [3.05, 3.63) is 64.3 Å². The molecule has 3 aromatic rings. The van der Waals surface area contributed by atoms with Crippen molar-refractivity contribution >= 4 is 33.6 Å². The second kappa shape index (κ2) is 7.48. The Balaban J connectivity index is 1.76. The molecule has 0 unspecified atom stereocenters. The van der Waals surface area contributed by atoms with Gasteiger partial charge in [-0.1, -0.05) is 18.2 Å². The lowest BCUT2D eigenvalue weighted by Crippen LogP contribution is -2.21. The van der Waals surface area contributed by atoms with E-state index in [0.717, 1.165) is 4.68 Å². The summed E-state index contributed by atoms with van der Waals surface area (Å²) in [5.74, 6) is -1.78. The van der Waals surface area contributed by atoms with E-state index in [1.54, 1.807) is 24.4 Å². The largest absolute Gasteiger partial charge is 0.480 e. The van der Waals surface area contributed by atoms with Crippen LogP contribution in [0.5, 0.6) is 0 Å². The van der Waals surface area contributed by atoms with Crippen molar-refractivity contribution < 1.29 is 19.1 Å². The average Bonchev–Trinajstić information content (AvgIpc) is 3.16. The van der Waals surface area contributed by atoms with Crippen LogP contribution in [-0.2, 0) is 17.9 Å². The van der Waals surface area contributed by atoms with Crippen LogP contribution < -0.4 is 5.32 Å². The number of anilines is 1. The zero-order valence-electron chi connectivity index (χ0n) is 13.3. The molecule has 0 fully saturated rings. The van der Waals surface area contributed by atoms with Gasteiger partial charge in [-0.05, 0) is 28.1 Å². The Morgan fingerprint density at radius 3 is 2.77 bits per heavy atom. The summed E-state index contributed by atoms with van der Waals surface area (Å²) in [6, 6.07) is 7.74. The second-order valence-corrected chi connectivity index (χ2v) is 6.19. The number of aliphatic carboxylic acids is 1. The third-order valence-corrected chi connectivity index (χ3v) is 4.05. The lowest BCUT2D eigenvalue weighted by molar-refractivity contribution is -0.137. The maximum Gasteiger partial charge on any atom is 0.325 e. The Hall–Kier alpha value is -3.01. The maximum atomic E-state index is 13.7. The molecule has 3 rings (SSSR count). The Morgan fingerprint density at radius 2 is 2.04 bits per heavy atom. The summed E-state index contributed by atoms with van der Waals surface area (Å²) < 4.78 is 16.8. The molecule has 0 aliphatic heterocycles. The number of amides is 1. The standard InChI is InChI=1S/C16H13BrFN5O3/c17-11-8-22(7-10-3-1-2-4-12(10)18)21-15(11)20-16(26)13-5-6-19-23(13)9-14(24)25/h1-6,8H,7,9H2,(H,24,25)(H,20,21,26). The third kappa shape index (κ3) is 3.97. The molecule has 0 bridgehead atoms. The number of aromatic nitrogens is 4. The number of nitrogens with zero attached hydrogens (tertiary/aromatic N) is 4. The van der Waals surface area contributed by atoms with Gasteiger partial charge in [-0.3, -0.25) is 14.3 Å². The van der Waals surface area contributed by atoms with E-state index in [2.05, 4.69) is 31.4 Å². The molecular formula is C16H13BrFN5O3. The predicted molar refractivity (Wildman–Crippen MR) is 93.2 cm³/mol. The van der Waals surface area contributed by atoms with E-state index in [4.69, 9.17) is 5.11 Å². The third-order valence-electron chi connectivity index (χ3n) is 3.47. The van der Waals surface area contributed by atoms with E-state index in [1.807, 2.05) is 0 Å². The van der Waals surface area contributed by atoms with Gasteiger partial charge in [0.05, 0.1) is 11.0 Å². The van der Waals surface area contributed by atoms with Crippen LogP contribution in [0.15, 0.2) is 47.2 Å². The number of carbonyl (C=O) groups excluding carboxylic acids is 1. The van der Waals surface area contributed by atoms with Gasteiger partial charge in [-0.2, -0.15) is 10.2 Å². The molecule has 0 radical (unpaired) electrons. The SMILES string of the molecule is O=C(O)Cn1nccc1C(=O)Nc1nn(Cc2ccccc2F)cc1Br. The van der Waals surface area contributed by atoms with Crippen molar-refractivity contribution in [3.63, 3.8) is 0 Å². The van der Waals surface area contributed by atoms with Gasteiger partial charge in [0.1, 0.15) is 18.1 Å². The number of benzene rings is 1. The van der Waals surface area contributed by atoms with Crippen LogP contribution in [0, 0.1) is 5.82 Å². The van der Waals surface area contributed by atoms with E-state index < -0.39 is 18.4 Å². The molecule has 1 aromatic carbocycles. The van der Waals surface area contributed by atoms with Gasteiger partial charge in [-0.15, -0.1) is 0 Å². The minimum absolute atomic E-state index is 0.0861. The van der Waals surface area contributed by atoms with Gasteiger partial charge in [-0.25, -0.2) is 9.07 Å². The van der Waals surface area contributed by atoms with Gasteiger partial charge in [0.25, 0.3) is 5.91 Å². The minimum atomic E-state index is -1.11. The van der Waals surface area contributed by atoms with Crippen LogP contribution in [0.3, 0.4) is 0 Å². The number of rotatable bonds is 6. The Labute approximate surface area is 155 Å². The first kappa shape index (κ1) is 17.8. The quantitative estimate of drug-likeness (QED) is 0.635. The highest BCUT2D eigenvalue weighted by atomic mass is 79.9. The molecule has 1 amide bonds. The number of carboxylic acids is 1. The molecule has 10 heteroatoms. The molecule has 2 aromatic heterocycles. The summed E-state index contributed by atoms with van der Waals surface area (Å²) in [5.41, 5.74) is 0.544. The molecule has 0 atom stereocenters. The normalized spacial score (nSPS) is 10.7. The first-order valence-electron chi connectivity index (χ1n) is 7.45. The summed E-state index contributed by atoms with van der Waals surface area (Å²) in [5, 5.41) is 19.4. The summed E-state index contributed by atoms with van der Waals surface area (Å²) in [6.45, 7) is -0.239. The zero-order chi connectivity index (χ0) is 18.7. The van der Waals surface area contributed by atoms with E-state index in [1.165, 1.54) is 23.0 Å². The number of halogens is 2. The van der Waals surface area contributed by atoms with E-state index in [-0.39, 0.29) is 23.9 Å². The number of carbonyl (C=O) groups is 2. The van der Waals surface area contributed by atoms with Gasteiger partial charge in [0.2, 0.25) is 0 Å². The molecule has 0 spiro atoms. The second-order valence-electron chi connectivity index (χ2n) is 5.34. The lowest BCUT2D eigenvalue weighted by Gasteiger charge is -2.05. The molecule has 0 aliphatic rings. The molecule has 134 valence electrons. The highest BCUT2D eigenvalue weighted by Crippen LogP contribution is 2.22. The summed E-state index contributed by atoms with van der Waals surface area (Å²) in [7, 11) is 0. The zero-order valence-corrected chi connectivity index (χ0v) is 14.9. The highest BCUT2D eigenvalue weighted by Gasteiger charge is 2.17. The van der Waals surface area contributed by atoms with Crippen molar-refractivity contribution in [2.45, 2.75) is 13.1 Å². The smallest absolute Gasteiger partial charge is 0.325 e. The van der Waals surface area contributed by atoms with Crippen LogP contribution >= 0.6 is 15.9 Å². The van der Waals surface area contributed by atoms with Gasteiger partial charge in [0.15, 0.2) is 5.82 Å². The number of carboxylic acid groups (broad SMARTS) is 1. The van der Waals surface area contributed by atoms with Gasteiger partial charge in [0, 0.05) is 18.0 Å². The topological polar surface area (TPSA) is 102 Å². The summed E-state index contributed by atoms with van der Waals surface area (Å²) in [4.78, 5) is 23.2. The maximum absolute atomic E-state index is 13.7. The van der Waals surface area contributed by atoms with Crippen LogP contribution in [0.4, 0.5) is 10.2 Å². The summed E-state index contributed by atoms with van der Waals surface area (Å²) in [6.07, 6.45) is 2.94. The van der Waals surface area contributed by atoms with Crippen LogP contribution in [0.2, 0.25) is 0 Å². The average molecular weight is 422 g/mol. The van der Waals surface area contributed by atoms with Crippen molar-refractivity contribution in [2.24, 2.45) is 0 Å². The first-order chi connectivity index (χ1) is 12.4. The molecule has 8 nitrogen and oxygen atoms in total. The van der Waals surface area contributed by atoms with Crippen molar-refractivity contribution in [1.29, 1.82) is 0 Å². The van der Waals surface area contributed by atoms with Crippen LogP contribution in [0.25, 0.3) is 0 Å². The fourth-order valence-electron chi connectivity index (χ4n) is 2.32. The fourth-order valence-corrected chi connectivity index (χ4v) is 2.73. The number of hydrogen-bond donors (Lipinski definition) is 2. The number of nitrogens with one attached hydrogen (secondary N) is 1. The van der Waals surface area contributed by atoms with E-state index in [9.17, 15) is 14.0 Å². The molecule has 26 heavy (non-hydrogen) atoms. The number of hydrogen-bond acceptors (Lipinski definition) is 4. The summed E-state index contributed by atoms with van der Waals surface area (Å²) >= 11 is 3.29. The van der Waals surface area contributed by atoms with Gasteiger partial charge >= 0.3 is 5.97 Å². The Morgan fingerprint density at radius 1 is 1.27 bits per heavy atom. The van der Waals surface area contributed by atoms with Crippen LogP contribution in [0.1, 0.15) is 16.1 Å². The predicted octanol–water partition coefficient (Wildman–Crippen LogP) is 2.37. The fraction of sp³-hybridized carbons (Fsp3) is 0.125.